The Morgan fingerprint density at radius 3 is 3.05 bits per heavy atom. The van der Waals surface area contributed by atoms with Gasteiger partial charge in [0.2, 0.25) is 5.79 Å². The summed E-state index contributed by atoms with van der Waals surface area (Å²) in [5.41, 5.74) is 1.20. The molecule has 3 heterocycles. The molecule has 1 fully saturated rings. The predicted octanol–water partition coefficient (Wildman–Crippen LogP) is 3.23. The molecule has 2 unspecified atom stereocenters. The van der Waals surface area contributed by atoms with Gasteiger partial charge in [0.1, 0.15) is 0 Å². The Morgan fingerprint density at radius 2 is 2.32 bits per heavy atom. The van der Waals surface area contributed by atoms with Gasteiger partial charge in [0.05, 0.1) is 31.8 Å². The third kappa shape index (κ3) is 2.14. The van der Waals surface area contributed by atoms with E-state index in [2.05, 4.69) is 30.1 Å². The molecule has 0 N–H and O–H groups in total. The number of nitrogens with zero attached hydrogens (tertiary/aromatic N) is 2. The zero-order valence-electron chi connectivity index (χ0n) is 12.7. The van der Waals surface area contributed by atoms with E-state index in [9.17, 15) is 0 Å². The molecular formula is C17H18N2O3. The van der Waals surface area contributed by atoms with Crippen LogP contribution in [0.15, 0.2) is 47.6 Å². The zero-order valence-corrected chi connectivity index (χ0v) is 12.7. The Hall–Kier alpha value is -2.11. The number of fused-ring (bicyclic) bond motifs is 1. The first-order valence-electron chi connectivity index (χ1n) is 7.42. The molecule has 2 atom stereocenters. The zero-order chi connectivity index (χ0) is 15.2. The van der Waals surface area contributed by atoms with Gasteiger partial charge in [-0.05, 0) is 19.9 Å². The molecule has 22 heavy (non-hydrogen) atoms. The predicted molar refractivity (Wildman–Crippen MR) is 81.4 cm³/mol. The van der Waals surface area contributed by atoms with E-state index in [1.54, 1.807) is 18.8 Å². The second-order valence-electron chi connectivity index (χ2n) is 5.88. The summed E-state index contributed by atoms with van der Waals surface area (Å²) in [6, 6.07) is 6.24. The van der Waals surface area contributed by atoms with Gasteiger partial charge in [0.25, 0.3) is 0 Å². The second-order valence-corrected chi connectivity index (χ2v) is 5.88. The maximum atomic E-state index is 6.14. The quantitative estimate of drug-likeness (QED) is 0.745. The maximum absolute atomic E-state index is 6.14. The summed E-state index contributed by atoms with van der Waals surface area (Å²) in [5.74, 6) is -0.183. The lowest BCUT2D eigenvalue weighted by atomic mass is 10.1. The lowest BCUT2D eigenvalue weighted by Gasteiger charge is -2.26. The van der Waals surface area contributed by atoms with E-state index in [1.165, 1.54) is 5.56 Å². The molecule has 114 valence electrons. The largest absolute Gasteiger partial charge is 0.462 e. The SMILES string of the molecule is Cc1ccc2c(C3(Cn4ccnc4)OCC(C)O3)occ2c1. The van der Waals surface area contributed by atoms with Gasteiger partial charge in [0.15, 0.2) is 5.76 Å². The Labute approximate surface area is 128 Å². The highest BCUT2D eigenvalue weighted by Crippen LogP contribution is 2.40. The Balaban J connectivity index is 1.82. The van der Waals surface area contributed by atoms with Crippen molar-refractivity contribution in [2.45, 2.75) is 32.3 Å². The summed E-state index contributed by atoms with van der Waals surface area (Å²) in [6.45, 7) is 5.12. The van der Waals surface area contributed by atoms with Crippen molar-refractivity contribution >= 4 is 10.8 Å². The van der Waals surface area contributed by atoms with Crippen molar-refractivity contribution < 1.29 is 13.9 Å². The summed E-state index contributed by atoms with van der Waals surface area (Å²) in [7, 11) is 0. The van der Waals surface area contributed by atoms with Crippen LogP contribution in [0.1, 0.15) is 18.2 Å². The molecular weight excluding hydrogens is 280 g/mol. The van der Waals surface area contributed by atoms with Crippen molar-refractivity contribution in [3.63, 3.8) is 0 Å². The molecule has 1 aliphatic rings. The van der Waals surface area contributed by atoms with Gasteiger partial charge in [-0.2, -0.15) is 0 Å². The van der Waals surface area contributed by atoms with E-state index in [4.69, 9.17) is 13.9 Å². The van der Waals surface area contributed by atoms with Gasteiger partial charge in [-0.3, -0.25) is 0 Å². The van der Waals surface area contributed by atoms with Gasteiger partial charge in [-0.25, -0.2) is 4.98 Å². The second kappa shape index (κ2) is 4.97. The molecule has 0 spiro atoms. The third-order valence-electron chi connectivity index (χ3n) is 3.99. The molecule has 0 radical (unpaired) electrons. The van der Waals surface area contributed by atoms with Crippen LogP contribution in [0.25, 0.3) is 10.8 Å². The van der Waals surface area contributed by atoms with Gasteiger partial charge in [-0.1, -0.05) is 17.7 Å². The molecule has 0 saturated carbocycles. The van der Waals surface area contributed by atoms with E-state index in [0.29, 0.717) is 13.2 Å². The van der Waals surface area contributed by atoms with Crippen molar-refractivity contribution in [3.8, 4) is 0 Å². The number of benzene rings is 1. The van der Waals surface area contributed by atoms with E-state index in [0.717, 1.165) is 16.5 Å². The van der Waals surface area contributed by atoms with Crippen LogP contribution in [0, 0.1) is 6.92 Å². The highest BCUT2D eigenvalue weighted by molar-refractivity contribution is 5.85. The molecule has 0 aliphatic carbocycles. The fraction of sp³-hybridized carbons (Fsp3) is 0.353. The van der Waals surface area contributed by atoms with E-state index in [-0.39, 0.29) is 6.10 Å². The van der Waals surface area contributed by atoms with Crippen LogP contribution in [-0.4, -0.2) is 22.3 Å². The van der Waals surface area contributed by atoms with Crippen molar-refractivity contribution in [2.75, 3.05) is 6.61 Å². The molecule has 3 aromatic rings. The fourth-order valence-electron chi connectivity index (χ4n) is 3.01. The van der Waals surface area contributed by atoms with Crippen LogP contribution in [-0.2, 0) is 21.8 Å². The third-order valence-corrected chi connectivity index (χ3v) is 3.99. The smallest absolute Gasteiger partial charge is 0.248 e. The first-order valence-corrected chi connectivity index (χ1v) is 7.42. The van der Waals surface area contributed by atoms with E-state index < -0.39 is 5.79 Å². The molecule has 1 aliphatic heterocycles. The van der Waals surface area contributed by atoms with Gasteiger partial charge in [0, 0.05) is 23.2 Å². The number of hydrogen-bond donors (Lipinski definition) is 0. The average molecular weight is 298 g/mol. The number of imidazole rings is 1. The summed E-state index contributed by atoms with van der Waals surface area (Å²) < 4.78 is 20.0. The van der Waals surface area contributed by atoms with Gasteiger partial charge < -0.3 is 18.5 Å². The molecule has 2 aromatic heterocycles. The molecule has 5 heteroatoms. The van der Waals surface area contributed by atoms with Crippen molar-refractivity contribution in [1.29, 1.82) is 0 Å². The van der Waals surface area contributed by atoms with Crippen LogP contribution in [0.5, 0.6) is 0 Å². The average Bonchev–Trinajstić information content (AvgIpc) is 3.19. The minimum Gasteiger partial charge on any atom is -0.462 e. The Kier molecular flexibility index (Phi) is 3.06. The molecule has 1 aromatic carbocycles. The van der Waals surface area contributed by atoms with Crippen LogP contribution < -0.4 is 0 Å². The maximum Gasteiger partial charge on any atom is 0.248 e. The monoisotopic (exact) mass is 298 g/mol. The first-order chi connectivity index (χ1) is 10.7. The number of aromatic nitrogens is 2. The minimum atomic E-state index is -0.906. The summed E-state index contributed by atoms with van der Waals surface area (Å²) in [4.78, 5) is 4.09. The van der Waals surface area contributed by atoms with Crippen molar-refractivity contribution in [3.05, 3.63) is 54.5 Å². The van der Waals surface area contributed by atoms with Gasteiger partial charge >= 0.3 is 0 Å². The van der Waals surface area contributed by atoms with Crippen molar-refractivity contribution in [1.82, 2.24) is 9.55 Å². The summed E-state index contributed by atoms with van der Waals surface area (Å²) >= 11 is 0. The molecule has 5 nitrogen and oxygen atoms in total. The number of aryl methyl sites for hydroxylation is 1. The fourth-order valence-corrected chi connectivity index (χ4v) is 3.01. The molecule has 0 amide bonds. The normalized spacial score (nSPS) is 25.1. The van der Waals surface area contributed by atoms with Crippen LogP contribution >= 0.6 is 0 Å². The lowest BCUT2D eigenvalue weighted by Crippen LogP contribution is -2.32. The number of rotatable bonds is 3. The van der Waals surface area contributed by atoms with E-state index >= 15 is 0 Å². The topological polar surface area (TPSA) is 49.4 Å². The van der Waals surface area contributed by atoms with Crippen LogP contribution in [0.2, 0.25) is 0 Å². The molecule has 0 bridgehead atoms. The minimum absolute atomic E-state index is 0.0223. The standard InChI is InChI=1S/C17H18N2O3/c1-12-3-4-15-14(7-12)9-20-16(15)17(21-8-13(2)22-17)10-19-6-5-18-11-19/h3-7,9,11,13H,8,10H2,1-2H3. The van der Waals surface area contributed by atoms with Crippen LogP contribution in [0.4, 0.5) is 0 Å². The highest BCUT2D eigenvalue weighted by Gasteiger charge is 2.46. The Bertz CT molecular complexity index is 793. The first kappa shape index (κ1) is 13.5. The van der Waals surface area contributed by atoms with Crippen molar-refractivity contribution in [2.24, 2.45) is 0 Å². The van der Waals surface area contributed by atoms with Gasteiger partial charge in [-0.15, -0.1) is 0 Å². The number of hydrogen-bond acceptors (Lipinski definition) is 4. The van der Waals surface area contributed by atoms with E-state index in [1.807, 2.05) is 17.7 Å². The number of ether oxygens (including phenoxy) is 2. The number of furan rings is 1. The Morgan fingerprint density at radius 1 is 1.41 bits per heavy atom. The lowest BCUT2D eigenvalue weighted by molar-refractivity contribution is -0.196. The molecule has 1 saturated heterocycles. The highest BCUT2D eigenvalue weighted by atomic mass is 16.8. The van der Waals surface area contributed by atoms with Crippen LogP contribution in [0.3, 0.4) is 0 Å². The molecule has 4 rings (SSSR count). The summed E-state index contributed by atoms with van der Waals surface area (Å²) in [6.07, 6.45) is 7.19. The summed E-state index contributed by atoms with van der Waals surface area (Å²) in [5, 5.41) is 2.09.